The highest BCUT2D eigenvalue weighted by Gasteiger charge is 2.18. The van der Waals surface area contributed by atoms with Crippen LogP contribution >= 0.6 is 0 Å². The molecule has 6 heteroatoms. The van der Waals surface area contributed by atoms with Gasteiger partial charge in [0.15, 0.2) is 0 Å². The van der Waals surface area contributed by atoms with Crippen LogP contribution in [-0.2, 0) is 17.8 Å². The van der Waals surface area contributed by atoms with E-state index in [-0.39, 0.29) is 30.1 Å². The smallest absolute Gasteiger partial charge is 0.332 e. The first-order valence-electron chi connectivity index (χ1n) is 10.5. The van der Waals surface area contributed by atoms with E-state index in [1.165, 1.54) is 14.7 Å². The van der Waals surface area contributed by atoms with E-state index in [0.717, 1.165) is 12.8 Å². The second-order valence-corrected chi connectivity index (χ2v) is 7.81. The Morgan fingerprint density at radius 1 is 1.00 bits per heavy atom. The molecule has 0 spiro atoms. The maximum Gasteiger partial charge on any atom is 0.332 e. The van der Waals surface area contributed by atoms with E-state index < -0.39 is 5.69 Å². The Kier molecular flexibility index (Phi) is 6.87. The number of aryl methyl sites for hydroxylation is 1. The third kappa shape index (κ3) is 4.70. The number of hydrogen-bond donors (Lipinski definition) is 1. The number of amides is 1. The Balaban J connectivity index is 1.81. The molecule has 3 rings (SSSR count). The number of aromatic nitrogens is 2. The van der Waals surface area contributed by atoms with Crippen molar-refractivity contribution in [1.29, 1.82) is 0 Å². The van der Waals surface area contributed by atoms with Gasteiger partial charge >= 0.3 is 5.69 Å². The zero-order valence-electron chi connectivity index (χ0n) is 17.8. The molecule has 0 aliphatic heterocycles. The quantitative estimate of drug-likeness (QED) is 0.623. The molecule has 0 unspecified atom stereocenters. The van der Waals surface area contributed by atoms with Crippen LogP contribution in [0, 0.1) is 0 Å². The van der Waals surface area contributed by atoms with Gasteiger partial charge in [-0.15, -0.1) is 0 Å². The van der Waals surface area contributed by atoms with E-state index in [1.807, 2.05) is 39.0 Å². The van der Waals surface area contributed by atoms with Crippen molar-refractivity contribution in [2.24, 2.45) is 0 Å². The highest BCUT2D eigenvalue weighted by molar-refractivity contribution is 5.81. The number of nitrogens with one attached hydrogen (secondary N) is 1. The Hall–Kier alpha value is -3.15. The first kappa shape index (κ1) is 21.6. The monoisotopic (exact) mass is 407 g/mol. The Morgan fingerprint density at radius 3 is 2.37 bits per heavy atom. The molecule has 1 heterocycles. The number of benzene rings is 2. The van der Waals surface area contributed by atoms with Crippen LogP contribution in [0.15, 0.2) is 64.2 Å². The van der Waals surface area contributed by atoms with Crippen LogP contribution in [0.5, 0.6) is 0 Å². The van der Waals surface area contributed by atoms with E-state index in [1.54, 1.807) is 24.3 Å². The van der Waals surface area contributed by atoms with Gasteiger partial charge in [0.2, 0.25) is 5.91 Å². The topological polar surface area (TPSA) is 73.1 Å². The van der Waals surface area contributed by atoms with Gasteiger partial charge < -0.3 is 5.32 Å². The zero-order valence-corrected chi connectivity index (χ0v) is 17.8. The van der Waals surface area contributed by atoms with Crippen LogP contribution in [0.25, 0.3) is 10.9 Å². The van der Waals surface area contributed by atoms with E-state index in [4.69, 9.17) is 0 Å². The van der Waals surface area contributed by atoms with Crippen LogP contribution in [0.1, 0.15) is 45.2 Å². The van der Waals surface area contributed by atoms with Gasteiger partial charge in [-0.3, -0.25) is 18.7 Å². The van der Waals surface area contributed by atoms with Gasteiger partial charge in [0.1, 0.15) is 6.54 Å². The lowest BCUT2D eigenvalue weighted by atomic mass is 10.1. The van der Waals surface area contributed by atoms with Crippen molar-refractivity contribution < 1.29 is 4.79 Å². The fraction of sp³-hybridized carbons (Fsp3) is 0.375. The lowest BCUT2D eigenvalue weighted by Gasteiger charge is -2.19. The van der Waals surface area contributed by atoms with Gasteiger partial charge in [0, 0.05) is 12.1 Å². The van der Waals surface area contributed by atoms with Gasteiger partial charge in [-0.1, -0.05) is 49.4 Å². The molecule has 0 bridgehead atoms. The molecule has 0 saturated heterocycles. The minimum absolute atomic E-state index is 0.0276. The summed E-state index contributed by atoms with van der Waals surface area (Å²) >= 11 is 0. The maximum absolute atomic E-state index is 13.1. The van der Waals surface area contributed by atoms with E-state index in [0.29, 0.717) is 17.3 Å². The summed E-state index contributed by atoms with van der Waals surface area (Å²) in [5.74, 6) is -0.239. The molecule has 0 aliphatic rings. The molecule has 0 saturated carbocycles. The molecule has 0 aliphatic carbocycles. The standard InChI is InChI=1S/C24H29N3O3/c1-4-18(3)27-23(29)20-12-8-9-13-21(20)26(24(27)30)16-22(28)25-17(2)14-15-19-10-6-5-7-11-19/h5-13,17-18H,4,14-16H2,1-3H3,(H,25,28)/t17-,18-/m0/s1. The third-order valence-electron chi connectivity index (χ3n) is 5.53. The van der Waals surface area contributed by atoms with Gasteiger partial charge in [0.25, 0.3) is 5.56 Å². The van der Waals surface area contributed by atoms with Gasteiger partial charge in [-0.2, -0.15) is 0 Å². The molecule has 0 fully saturated rings. The molecule has 1 N–H and O–H groups in total. The minimum atomic E-state index is -0.444. The van der Waals surface area contributed by atoms with Crippen molar-refractivity contribution >= 4 is 16.8 Å². The highest BCUT2D eigenvalue weighted by Crippen LogP contribution is 2.11. The fourth-order valence-corrected chi connectivity index (χ4v) is 3.63. The summed E-state index contributed by atoms with van der Waals surface area (Å²) in [4.78, 5) is 38.6. The Morgan fingerprint density at radius 2 is 1.67 bits per heavy atom. The number of carbonyl (C=O) groups excluding carboxylic acids is 1. The molecular formula is C24H29N3O3. The summed E-state index contributed by atoms with van der Waals surface area (Å²) in [6, 6.07) is 16.8. The average Bonchev–Trinajstić information content (AvgIpc) is 2.76. The summed E-state index contributed by atoms with van der Waals surface area (Å²) in [6.45, 7) is 5.61. The van der Waals surface area contributed by atoms with Crippen LogP contribution in [-0.4, -0.2) is 21.1 Å². The molecule has 0 radical (unpaired) electrons. The summed E-state index contributed by atoms with van der Waals surface area (Å²) in [7, 11) is 0. The van der Waals surface area contributed by atoms with Crippen molar-refractivity contribution in [3.8, 4) is 0 Å². The molecule has 158 valence electrons. The number of hydrogen-bond acceptors (Lipinski definition) is 3. The molecule has 6 nitrogen and oxygen atoms in total. The average molecular weight is 408 g/mol. The molecule has 1 aromatic heterocycles. The van der Waals surface area contributed by atoms with Crippen LogP contribution < -0.4 is 16.6 Å². The molecule has 3 aromatic rings. The number of para-hydroxylation sites is 1. The normalized spacial score (nSPS) is 13.2. The first-order valence-corrected chi connectivity index (χ1v) is 10.5. The Labute approximate surface area is 176 Å². The fourth-order valence-electron chi connectivity index (χ4n) is 3.63. The predicted molar refractivity (Wildman–Crippen MR) is 120 cm³/mol. The van der Waals surface area contributed by atoms with Crippen molar-refractivity contribution in [3.05, 3.63) is 81.0 Å². The van der Waals surface area contributed by atoms with Crippen LogP contribution in [0.4, 0.5) is 0 Å². The lowest BCUT2D eigenvalue weighted by Crippen LogP contribution is -2.44. The molecule has 2 atom stereocenters. The summed E-state index contributed by atoms with van der Waals surface area (Å²) in [6.07, 6.45) is 2.32. The van der Waals surface area contributed by atoms with Gasteiger partial charge in [0.05, 0.1) is 10.9 Å². The predicted octanol–water partition coefficient (Wildman–Crippen LogP) is 3.27. The number of rotatable bonds is 8. The summed E-state index contributed by atoms with van der Waals surface area (Å²) in [5, 5.41) is 3.43. The SMILES string of the molecule is CC[C@H](C)n1c(=O)c2ccccc2n(CC(=O)N[C@@H](C)CCc2ccccc2)c1=O. The second kappa shape index (κ2) is 9.57. The van der Waals surface area contributed by atoms with Crippen LogP contribution in [0.3, 0.4) is 0 Å². The van der Waals surface area contributed by atoms with Crippen molar-refractivity contribution in [2.45, 2.75) is 58.7 Å². The van der Waals surface area contributed by atoms with Crippen molar-refractivity contribution in [3.63, 3.8) is 0 Å². The largest absolute Gasteiger partial charge is 0.352 e. The van der Waals surface area contributed by atoms with Crippen molar-refractivity contribution in [1.82, 2.24) is 14.5 Å². The molecular weight excluding hydrogens is 378 g/mol. The Bertz CT molecular complexity index is 1130. The number of fused-ring (bicyclic) bond motifs is 1. The summed E-state index contributed by atoms with van der Waals surface area (Å²) in [5.41, 5.74) is 0.957. The van der Waals surface area contributed by atoms with Gasteiger partial charge in [-0.25, -0.2) is 4.79 Å². The zero-order chi connectivity index (χ0) is 21.7. The van der Waals surface area contributed by atoms with E-state index in [9.17, 15) is 14.4 Å². The minimum Gasteiger partial charge on any atom is -0.352 e. The molecule has 30 heavy (non-hydrogen) atoms. The van der Waals surface area contributed by atoms with Gasteiger partial charge in [-0.05, 0) is 50.8 Å². The number of nitrogens with zero attached hydrogens (tertiary/aromatic N) is 2. The molecule has 2 aromatic carbocycles. The van der Waals surface area contributed by atoms with Crippen molar-refractivity contribution in [2.75, 3.05) is 0 Å². The van der Waals surface area contributed by atoms with E-state index >= 15 is 0 Å². The second-order valence-electron chi connectivity index (χ2n) is 7.81. The molecule has 1 amide bonds. The highest BCUT2D eigenvalue weighted by atomic mass is 16.2. The van der Waals surface area contributed by atoms with E-state index in [2.05, 4.69) is 17.4 Å². The summed E-state index contributed by atoms with van der Waals surface area (Å²) < 4.78 is 2.66. The first-order chi connectivity index (χ1) is 14.4. The van der Waals surface area contributed by atoms with Crippen LogP contribution in [0.2, 0.25) is 0 Å². The lowest BCUT2D eigenvalue weighted by molar-refractivity contribution is -0.122. The third-order valence-corrected chi connectivity index (χ3v) is 5.53. The maximum atomic E-state index is 13.1. The number of carbonyl (C=O) groups is 1.